The average molecular weight is 296 g/mol. The van der Waals surface area contributed by atoms with E-state index in [1.165, 1.54) is 0 Å². The Morgan fingerprint density at radius 1 is 0.947 bits per heavy atom. The number of Topliss-reactive ketones (excluding diaryl/α,β-unsaturated/α-hetero) is 1. The molecule has 0 saturated heterocycles. The molecular weight excluding hydrogens is 284 g/mol. The number of hydrogen-bond acceptors (Lipinski definition) is 1. The van der Waals surface area contributed by atoms with Crippen LogP contribution >= 0.6 is 0 Å². The Bertz CT molecular complexity index is 327. The van der Waals surface area contributed by atoms with Gasteiger partial charge in [-0.2, -0.15) is 30.3 Å². The number of hydrogen-bond donors (Lipinski definition) is 0. The van der Waals surface area contributed by atoms with Gasteiger partial charge in [0.25, 0.3) is 0 Å². The van der Waals surface area contributed by atoms with E-state index in [1.54, 1.807) is 31.2 Å². The normalized spacial score (nSPS) is 10.8. The summed E-state index contributed by atoms with van der Waals surface area (Å²) in [6, 6.07) is 9.81. The van der Waals surface area contributed by atoms with E-state index >= 15 is 0 Å². The van der Waals surface area contributed by atoms with Crippen molar-refractivity contribution in [2.24, 2.45) is 0 Å². The van der Waals surface area contributed by atoms with Crippen LogP contribution in [0.2, 0.25) is 0 Å². The van der Waals surface area contributed by atoms with Crippen LogP contribution in [-0.2, 0) is 26.4 Å². The number of carbonyl (C=O) groups excluding carboxylic acids is 1. The second kappa shape index (κ2) is 19.2. The summed E-state index contributed by atoms with van der Waals surface area (Å²) in [7, 11) is 0. The van der Waals surface area contributed by atoms with E-state index in [9.17, 15) is 4.79 Å². The topological polar surface area (TPSA) is 56.9 Å². The van der Waals surface area contributed by atoms with Crippen molar-refractivity contribution in [3.8, 4) is 0 Å². The second-order valence-electron chi connectivity index (χ2n) is 2.81. The van der Waals surface area contributed by atoms with Crippen LogP contribution in [0.25, 0.3) is 0 Å². The summed E-state index contributed by atoms with van der Waals surface area (Å²) in [5, 5.41) is 0. The molecule has 0 spiro atoms. The summed E-state index contributed by atoms with van der Waals surface area (Å²) in [5.41, 5.74) is 0.744. The molecule has 5 radical (unpaired) electrons. The van der Waals surface area contributed by atoms with Gasteiger partial charge in [0, 0.05) is 0 Å². The minimum atomic E-state index is 0. The van der Waals surface area contributed by atoms with Crippen molar-refractivity contribution in [3.63, 3.8) is 0 Å². The van der Waals surface area contributed by atoms with Crippen molar-refractivity contribution >= 4 is 5.78 Å². The fourth-order valence-electron chi connectivity index (χ4n) is 0.942. The number of ketones is 1. The monoisotopic (exact) mass is 296 g/mol. The summed E-state index contributed by atoms with van der Waals surface area (Å²) in [6.45, 7) is 10.6. The van der Waals surface area contributed by atoms with E-state index in [0.717, 1.165) is 5.56 Å². The zero-order valence-corrected chi connectivity index (χ0v) is 11.4. The predicted octanol–water partition coefficient (Wildman–Crippen LogP) is 2.63. The van der Waals surface area contributed by atoms with Gasteiger partial charge in [-0.15, -0.1) is 0 Å². The van der Waals surface area contributed by atoms with Crippen molar-refractivity contribution in [3.05, 3.63) is 81.3 Å². The maximum Gasteiger partial charge on any atom is 2.00 e. The summed E-state index contributed by atoms with van der Waals surface area (Å²) >= 11 is 0. The van der Waals surface area contributed by atoms with Crippen LogP contribution in [-0.4, -0.2) is 5.78 Å². The molecule has 4 heteroatoms. The first kappa shape index (κ1) is 23.0. The SMILES string of the molecule is CC(=O)c1cc[c-]cc1.[C-]#[O+].[C-]#[O+].[CH]1[CH][CH][CH][CH]1.[Fe+2]. The Morgan fingerprint density at radius 2 is 1.26 bits per heavy atom. The Morgan fingerprint density at radius 3 is 1.47 bits per heavy atom. The Kier molecular flexibility index (Phi) is 23.3. The third-order valence-corrected chi connectivity index (χ3v) is 1.68. The summed E-state index contributed by atoms with van der Waals surface area (Å²) in [6.07, 6.45) is 10.0. The van der Waals surface area contributed by atoms with Crippen LogP contribution in [0, 0.1) is 51.5 Å². The van der Waals surface area contributed by atoms with Gasteiger partial charge in [-0.05, 0) is 39.0 Å². The zero-order chi connectivity index (χ0) is 14.2. The fourth-order valence-corrected chi connectivity index (χ4v) is 0.942. The minimum absolute atomic E-state index is 0. The quantitative estimate of drug-likeness (QED) is 0.340. The molecule has 1 saturated carbocycles. The Hall–Kier alpha value is -1.11. The second-order valence-corrected chi connectivity index (χ2v) is 2.81. The fraction of sp³-hybridized carbons (Fsp3) is 0.0667. The van der Waals surface area contributed by atoms with E-state index < -0.39 is 0 Å². The molecule has 1 aromatic rings. The zero-order valence-electron chi connectivity index (χ0n) is 10.3. The Labute approximate surface area is 125 Å². The minimum Gasteiger partial charge on any atom is -0.0312 e. The van der Waals surface area contributed by atoms with Crippen molar-refractivity contribution in [2.45, 2.75) is 6.92 Å². The number of carbonyl (C=O) groups is 1. The van der Waals surface area contributed by atoms with Gasteiger partial charge in [0.2, 0.25) is 0 Å². The first-order chi connectivity index (χ1) is 8.80. The van der Waals surface area contributed by atoms with Crippen LogP contribution < -0.4 is 0 Å². The molecule has 1 aromatic carbocycles. The molecule has 0 aliphatic heterocycles. The van der Waals surface area contributed by atoms with E-state index in [1.807, 2.05) is 32.1 Å². The van der Waals surface area contributed by atoms with Gasteiger partial charge in [-0.25, -0.2) is 0 Å². The van der Waals surface area contributed by atoms with Crippen LogP contribution in [0.3, 0.4) is 0 Å². The number of rotatable bonds is 1. The van der Waals surface area contributed by atoms with E-state index in [2.05, 4.69) is 19.4 Å². The largest absolute Gasteiger partial charge is 2.00 e. The summed E-state index contributed by atoms with van der Waals surface area (Å²) in [4.78, 5) is 10.6. The molecule has 0 heterocycles. The van der Waals surface area contributed by atoms with Crippen molar-refractivity contribution in [1.82, 2.24) is 0 Å². The van der Waals surface area contributed by atoms with Crippen LogP contribution in [0.1, 0.15) is 17.3 Å². The third-order valence-electron chi connectivity index (χ3n) is 1.68. The molecule has 3 nitrogen and oxygen atoms in total. The molecule has 2 rings (SSSR count). The van der Waals surface area contributed by atoms with Gasteiger partial charge in [0.05, 0.1) is 0 Å². The first-order valence-corrected chi connectivity index (χ1v) is 4.85. The van der Waals surface area contributed by atoms with Crippen molar-refractivity contribution in [1.29, 1.82) is 0 Å². The molecule has 0 aromatic heterocycles. The van der Waals surface area contributed by atoms with Gasteiger partial charge in [0.1, 0.15) is 5.78 Å². The molecule has 0 amide bonds. The van der Waals surface area contributed by atoms with Gasteiger partial charge >= 0.3 is 39.7 Å². The smallest absolute Gasteiger partial charge is 0.0312 e. The van der Waals surface area contributed by atoms with Crippen LogP contribution in [0.5, 0.6) is 0 Å². The summed E-state index contributed by atoms with van der Waals surface area (Å²) < 4.78 is 15.0. The van der Waals surface area contributed by atoms with E-state index in [-0.39, 0.29) is 22.9 Å². The molecule has 1 fully saturated rings. The molecule has 1 aliphatic carbocycles. The van der Waals surface area contributed by atoms with Crippen LogP contribution in [0.15, 0.2) is 24.3 Å². The van der Waals surface area contributed by atoms with Crippen LogP contribution in [0.4, 0.5) is 0 Å². The maximum absolute atomic E-state index is 10.6. The maximum atomic E-state index is 10.6. The molecule has 0 N–H and O–H groups in total. The van der Waals surface area contributed by atoms with Crippen molar-refractivity contribution in [2.75, 3.05) is 0 Å². The molecule has 0 unspecified atom stereocenters. The van der Waals surface area contributed by atoms with Crippen molar-refractivity contribution < 1.29 is 31.2 Å². The molecule has 19 heavy (non-hydrogen) atoms. The van der Waals surface area contributed by atoms with Gasteiger partial charge < -0.3 is 0 Å². The molecule has 0 atom stereocenters. The van der Waals surface area contributed by atoms with Gasteiger partial charge in [-0.1, -0.05) is 5.56 Å². The van der Waals surface area contributed by atoms with Gasteiger partial charge in [-0.3, -0.25) is 4.79 Å². The molecular formula is C15H12FeO3+. The molecule has 97 valence electrons. The number of benzene rings is 1. The first-order valence-electron chi connectivity index (χ1n) is 4.85. The average Bonchev–Trinajstić information content (AvgIpc) is 3.03. The predicted molar refractivity (Wildman–Crippen MR) is 64.6 cm³/mol. The third kappa shape index (κ3) is 14.8. The molecule has 0 bridgehead atoms. The van der Waals surface area contributed by atoms with E-state index in [4.69, 9.17) is 9.30 Å². The molecule has 1 aliphatic rings. The standard InChI is InChI=1S/C8H7O.C5H5.2CO.Fe/c1-7(9)8-5-3-2-4-6-8;1-2-4-5-3-1;2*1-2;/h3-6H,1H3;1-5H;;;/q-1;;;;+2. The Balaban J connectivity index is -0.000000220. The van der Waals surface area contributed by atoms with Gasteiger partial charge in [0.15, 0.2) is 0 Å². The summed E-state index contributed by atoms with van der Waals surface area (Å²) in [5.74, 6) is 0.101. The van der Waals surface area contributed by atoms with E-state index in [0.29, 0.717) is 0 Å².